The number of fused-ring (bicyclic) bond motifs is 1. The van der Waals surface area contributed by atoms with Crippen LogP contribution in [-0.4, -0.2) is 72.0 Å². The van der Waals surface area contributed by atoms with E-state index < -0.39 is 22.9 Å². The van der Waals surface area contributed by atoms with E-state index in [1.807, 2.05) is 60.7 Å². The number of benzene rings is 2. The monoisotopic (exact) mass is 533 g/mol. The Labute approximate surface area is 230 Å². The smallest absolute Gasteiger partial charge is 0.247 e. The van der Waals surface area contributed by atoms with E-state index >= 15 is 0 Å². The molecule has 208 valence electrons. The molecule has 4 N–H and O–H groups in total. The molecule has 4 rings (SSSR count). The van der Waals surface area contributed by atoms with Crippen LogP contribution in [0.15, 0.2) is 72.8 Å². The van der Waals surface area contributed by atoms with Gasteiger partial charge >= 0.3 is 0 Å². The Kier molecular flexibility index (Phi) is 8.84. The number of rotatable bonds is 10. The average molecular weight is 534 g/mol. The second-order valence-electron chi connectivity index (χ2n) is 11.1. The van der Waals surface area contributed by atoms with Gasteiger partial charge in [-0.05, 0) is 37.8 Å². The molecular weight excluding hydrogens is 494 g/mol. The lowest BCUT2D eigenvalue weighted by atomic mass is 9.72. The highest BCUT2D eigenvalue weighted by atomic mass is 16.5. The molecule has 0 aliphatic carbocycles. The van der Waals surface area contributed by atoms with Crippen LogP contribution in [0.4, 0.5) is 0 Å². The van der Waals surface area contributed by atoms with E-state index in [9.17, 15) is 14.4 Å². The van der Waals surface area contributed by atoms with E-state index in [4.69, 9.17) is 10.5 Å². The van der Waals surface area contributed by atoms with Crippen LogP contribution in [0, 0.1) is 5.41 Å². The minimum absolute atomic E-state index is 0.00294. The molecule has 9 heteroatoms. The van der Waals surface area contributed by atoms with Gasteiger partial charge < -0.3 is 20.7 Å². The van der Waals surface area contributed by atoms with E-state index in [-0.39, 0.29) is 31.0 Å². The molecule has 2 saturated heterocycles. The van der Waals surface area contributed by atoms with E-state index in [0.29, 0.717) is 26.0 Å². The highest BCUT2D eigenvalue weighted by Crippen LogP contribution is 2.39. The summed E-state index contributed by atoms with van der Waals surface area (Å²) in [7, 11) is 1.73. The lowest BCUT2D eigenvalue weighted by Crippen LogP contribution is -2.60. The van der Waals surface area contributed by atoms with Crippen molar-refractivity contribution in [1.82, 2.24) is 20.7 Å². The van der Waals surface area contributed by atoms with Gasteiger partial charge in [-0.1, -0.05) is 66.7 Å². The molecule has 0 radical (unpaired) electrons. The third kappa shape index (κ3) is 7.11. The second kappa shape index (κ2) is 12.1. The maximum absolute atomic E-state index is 13.9. The van der Waals surface area contributed by atoms with Crippen molar-refractivity contribution < 1.29 is 19.1 Å². The summed E-state index contributed by atoms with van der Waals surface area (Å²) in [5, 5.41) is 4.35. The van der Waals surface area contributed by atoms with E-state index in [0.717, 1.165) is 11.1 Å². The summed E-state index contributed by atoms with van der Waals surface area (Å²) in [4.78, 5) is 41.8. The third-order valence-corrected chi connectivity index (χ3v) is 7.26. The van der Waals surface area contributed by atoms with Crippen LogP contribution < -0.4 is 16.5 Å². The molecular formula is C30H39N5O4. The zero-order valence-corrected chi connectivity index (χ0v) is 22.9. The molecule has 0 aromatic heterocycles. The Bertz CT molecular complexity index is 1180. The number of nitrogens with zero attached hydrogens (tertiary/aromatic N) is 2. The molecule has 3 atom stereocenters. The van der Waals surface area contributed by atoms with Crippen molar-refractivity contribution in [3.05, 3.63) is 83.9 Å². The first-order chi connectivity index (χ1) is 18.6. The summed E-state index contributed by atoms with van der Waals surface area (Å²) in [6.07, 6.45) is 4.06. The number of likely N-dealkylation sites (tertiary alicyclic amines) is 1. The normalized spacial score (nSPS) is 22.2. The Hall–Kier alpha value is -3.53. The lowest BCUT2D eigenvalue weighted by Gasteiger charge is -2.43. The summed E-state index contributed by atoms with van der Waals surface area (Å²) < 4.78 is 5.89. The van der Waals surface area contributed by atoms with Crippen LogP contribution >= 0.6 is 0 Å². The van der Waals surface area contributed by atoms with Gasteiger partial charge in [0.05, 0.1) is 18.6 Å². The van der Waals surface area contributed by atoms with Crippen molar-refractivity contribution in [2.24, 2.45) is 11.1 Å². The molecule has 3 amide bonds. The predicted octanol–water partition coefficient (Wildman–Crippen LogP) is 1.79. The molecule has 39 heavy (non-hydrogen) atoms. The van der Waals surface area contributed by atoms with Crippen LogP contribution in [0.3, 0.4) is 0 Å². The molecule has 2 fully saturated rings. The standard InChI is InChI=1S/C30H39N5O4/c1-29(2,31)16-14-26(36)32-24(20-39-19-23-12-8-5-9-13-23)27(37)35-17-15-25-30(21-35,28(38)34(3)33-25)18-22-10-6-4-7-11-22/h4-14,16,24-25,33H,15,17-21,31H2,1-3H3,(H,32,36)/b16-14+. The van der Waals surface area contributed by atoms with Crippen molar-refractivity contribution in [3.8, 4) is 0 Å². The van der Waals surface area contributed by atoms with Crippen LogP contribution in [0.5, 0.6) is 0 Å². The Morgan fingerprint density at radius 3 is 2.44 bits per heavy atom. The van der Waals surface area contributed by atoms with Gasteiger partial charge in [0.25, 0.3) is 0 Å². The largest absolute Gasteiger partial charge is 0.374 e. The highest BCUT2D eigenvalue weighted by Gasteiger charge is 2.56. The highest BCUT2D eigenvalue weighted by molar-refractivity contribution is 5.94. The molecule has 3 unspecified atom stereocenters. The first-order valence-corrected chi connectivity index (χ1v) is 13.3. The molecule has 0 saturated carbocycles. The number of amides is 3. The van der Waals surface area contributed by atoms with Gasteiger partial charge in [0.2, 0.25) is 17.7 Å². The van der Waals surface area contributed by atoms with Crippen LogP contribution in [0.25, 0.3) is 0 Å². The SMILES string of the molecule is CN1NC2CCN(C(=O)C(COCc3ccccc3)NC(=O)/C=C/C(C)(C)N)CC2(Cc2ccccc2)C1=O. The minimum Gasteiger partial charge on any atom is -0.374 e. The van der Waals surface area contributed by atoms with Gasteiger partial charge in [0.15, 0.2) is 0 Å². The number of hydrogen-bond donors (Lipinski definition) is 3. The topological polar surface area (TPSA) is 117 Å². The number of carbonyl (C=O) groups is 3. The molecule has 2 aliphatic heterocycles. The molecule has 0 spiro atoms. The lowest BCUT2D eigenvalue weighted by molar-refractivity contribution is -0.145. The van der Waals surface area contributed by atoms with Crippen molar-refractivity contribution in [1.29, 1.82) is 0 Å². The summed E-state index contributed by atoms with van der Waals surface area (Å²) in [6, 6.07) is 18.5. The van der Waals surface area contributed by atoms with Gasteiger partial charge in [-0.25, -0.2) is 5.43 Å². The molecule has 2 heterocycles. The zero-order chi connectivity index (χ0) is 28.0. The Balaban J connectivity index is 1.53. The van der Waals surface area contributed by atoms with E-state index in [1.165, 1.54) is 6.08 Å². The van der Waals surface area contributed by atoms with Gasteiger partial charge in [-0.3, -0.25) is 19.4 Å². The molecule has 2 aromatic rings. The van der Waals surface area contributed by atoms with Crippen molar-refractivity contribution >= 4 is 17.7 Å². The van der Waals surface area contributed by atoms with Gasteiger partial charge in [0.1, 0.15) is 6.04 Å². The number of carbonyl (C=O) groups excluding carboxylic acids is 3. The van der Waals surface area contributed by atoms with Gasteiger partial charge in [-0.2, -0.15) is 0 Å². The quantitative estimate of drug-likeness (QED) is 0.401. The number of piperidine rings is 1. The number of ether oxygens (including phenoxy) is 1. The summed E-state index contributed by atoms with van der Waals surface area (Å²) >= 11 is 0. The third-order valence-electron chi connectivity index (χ3n) is 7.26. The fourth-order valence-electron chi connectivity index (χ4n) is 5.30. The predicted molar refractivity (Wildman–Crippen MR) is 149 cm³/mol. The first kappa shape index (κ1) is 28.5. The van der Waals surface area contributed by atoms with E-state index in [1.54, 1.807) is 36.9 Å². The maximum Gasteiger partial charge on any atom is 0.247 e. The Morgan fingerprint density at radius 1 is 1.15 bits per heavy atom. The molecule has 0 bridgehead atoms. The number of nitrogens with two attached hydrogens (primary N) is 1. The van der Waals surface area contributed by atoms with Gasteiger partial charge in [0, 0.05) is 37.8 Å². The van der Waals surface area contributed by atoms with Crippen molar-refractivity contribution in [2.75, 3.05) is 26.7 Å². The molecule has 9 nitrogen and oxygen atoms in total. The van der Waals surface area contributed by atoms with Crippen LogP contribution in [0.2, 0.25) is 0 Å². The van der Waals surface area contributed by atoms with Crippen molar-refractivity contribution in [3.63, 3.8) is 0 Å². The average Bonchev–Trinajstić information content (AvgIpc) is 3.16. The number of hydrazine groups is 1. The van der Waals surface area contributed by atoms with Crippen molar-refractivity contribution in [2.45, 2.75) is 50.9 Å². The summed E-state index contributed by atoms with van der Waals surface area (Å²) in [6.45, 7) is 4.57. The molecule has 2 aromatic carbocycles. The van der Waals surface area contributed by atoms with Crippen LogP contribution in [0.1, 0.15) is 31.4 Å². The minimum atomic E-state index is -0.917. The first-order valence-electron chi connectivity index (χ1n) is 13.3. The maximum atomic E-state index is 13.9. The van der Waals surface area contributed by atoms with Gasteiger partial charge in [-0.15, -0.1) is 0 Å². The van der Waals surface area contributed by atoms with E-state index in [2.05, 4.69) is 10.7 Å². The second-order valence-corrected chi connectivity index (χ2v) is 11.1. The van der Waals surface area contributed by atoms with Crippen LogP contribution in [-0.2, 0) is 32.1 Å². The zero-order valence-electron chi connectivity index (χ0n) is 22.9. The Morgan fingerprint density at radius 2 is 1.79 bits per heavy atom. The summed E-state index contributed by atoms with van der Waals surface area (Å²) in [5.74, 6) is -0.740. The number of nitrogens with one attached hydrogen (secondary N) is 2. The summed E-state index contributed by atoms with van der Waals surface area (Å²) in [5.41, 5.74) is 9.81. The fraction of sp³-hybridized carbons (Fsp3) is 0.433. The fourth-order valence-corrected chi connectivity index (χ4v) is 5.30. The molecule has 2 aliphatic rings. The number of hydrogen-bond acceptors (Lipinski definition) is 6.